The minimum Gasteiger partial charge on any atom is -0.321 e. The number of carbonyl (C=O) groups is 1. The van der Waals surface area contributed by atoms with Crippen molar-refractivity contribution in [1.29, 1.82) is 0 Å². The molecule has 0 unspecified atom stereocenters. The Balaban J connectivity index is 2.20. The molecule has 0 saturated heterocycles. The first-order valence-corrected chi connectivity index (χ1v) is 9.33. The average molecular weight is 347 g/mol. The van der Waals surface area contributed by atoms with Crippen LogP contribution in [0.15, 0.2) is 47.6 Å². The molecule has 7 heteroatoms. The molecule has 0 aliphatic carbocycles. The third kappa shape index (κ3) is 4.11. The van der Waals surface area contributed by atoms with Gasteiger partial charge in [-0.05, 0) is 49.2 Å². The number of aryl methyl sites for hydroxylation is 1. The maximum absolute atomic E-state index is 12.5. The zero-order valence-corrected chi connectivity index (χ0v) is 15.0. The molecule has 1 heterocycles. The van der Waals surface area contributed by atoms with E-state index in [1.807, 2.05) is 26.0 Å². The van der Waals surface area contributed by atoms with Gasteiger partial charge >= 0.3 is 6.03 Å². The summed E-state index contributed by atoms with van der Waals surface area (Å²) in [6, 6.07) is 7.93. The molecule has 0 fully saturated rings. The molecule has 0 bridgehead atoms. The average Bonchev–Trinajstić information content (AvgIpc) is 2.55. The Kier molecular flexibility index (Phi) is 5.23. The van der Waals surface area contributed by atoms with Crippen LogP contribution in [0.3, 0.4) is 0 Å². The molecular weight excluding hydrogens is 326 g/mol. The highest BCUT2D eigenvalue weighted by Gasteiger charge is 2.18. The molecule has 0 radical (unpaired) electrons. The SMILES string of the molecule is Cc1ccc(S(C)(=O)=O)cc1NC(=O)N(C)[C@H](C)c1ccncc1. The largest absolute Gasteiger partial charge is 0.322 e. The smallest absolute Gasteiger partial charge is 0.321 e. The molecule has 128 valence electrons. The molecule has 0 spiro atoms. The summed E-state index contributed by atoms with van der Waals surface area (Å²) in [6.07, 6.45) is 4.50. The zero-order valence-electron chi connectivity index (χ0n) is 14.1. The Bertz CT molecular complexity index is 835. The molecule has 2 rings (SSSR count). The van der Waals surface area contributed by atoms with Gasteiger partial charge in [0.05, 0.1) is 10.9 Å². The van der Waals surface area contributed by atoms with Crippen LogP contribution in [-0.2, 0) is 9.84 Å². The quantitative estimate of drug-likeness (QED) is 0.922. The van der Waals surface area contributed by atoms with Crippen LogP contribution in [0.25, 0.3) is 0 Å². The first-order chi connectivity index (χ1) is 11.2. The number of aromatic nitrogens is 1. The van der Waals surface area contributed by atoms with Crippen molar-refractivity contribution in [3.05, 3.63) is 53.9 Å². The number of anilines is 1. The van der Waals surface area contributed by atoms with Crippen LogP contribution in [0.2, 0.25) is 0 Å². The maximum Gasteiger partial charge on any atom is 0.322 e. The Labute approximate surface area is 142 Å². The summed E-state index contributed by atoms with van der Waals surface area (Å²) < 4.78 is 23.4. The fraction of sp³-hybridized carbons (Fsp3) is 0.294. The number of pyridine rings is 1. The molecule has 1 atom stereocenters. The highest BCUT2D eigenvalue weighted by Crippen LogP contribution is 2.23. The van der Waals surface area contributed by atoms with Crippen molar-refractivity contribution in [2.24, 2.45) is 0 Å². The minimum atomic E-state index is -3.33. The number of nitrogens with zero attached hydrogens (tertiary/aromatic N) is 2. The third-order valence-corrected chi connectivity index (χ3v) is 5.08. The number of nitrogens with one attached hydrogen (secondary N) is 1. The zero-order chi connectivity index (χ0) is 17.9. The Morgan fingerprint density at radius 1 is 1.21 bits per heavy atom. The van der Waals surface area contributed by atoms with E-state index in [1.165, 1.54) is 12.1 Å². The van der Waals surface area contributed by atoms with Crippen LogP contribution < -0.4 is 5.32 Å². The number of benzene rings is 1. The first-order valence-electron chi connectivity index (χ1n) is 7.44. The van der Waals surface area contributed by atoms with E-state index in [0.29, 0.717) is 5.69 Å². The molecule has 0 aliphatic heterocycles. The molecule has 1 aromatic carbocycles. The van der Waals surface area contributed by atoms with E-state index in [1.54, 1.807) is 30.4 Å². The summed E-state index contributed by atoms with van der Waals surface area (Å²) >= 11 is 0. The maximum atomic E-state index is 12.5. The first kappa shape index (κ1) is 17.9. The van der Waals surface area contributed by atoms with Gasteiger partial charge in [0.15, 0.2) is 9.84 Å². The van der Waals surface area contributed by atoms with E-state index in [2.05, 4.69) is 10.3 Å². The van der Waals surface area contributed by atoms with Gasteiger partial charge in [-0.1, -0.05) is 6.07 Å². The molecule has 2 aromatic rings. The van der Waals surface area contributed by atoms with Crippen molar-refractivity contribution in [2.45, 2.75) is 24.8 Å². The van der Waals surface area contributed by atoms with Gasteiger partial charge in [-0.25, -0.2) is 13.2 Å². The van der Waals surface area contributed by atoms with E-state index in [9.17, 15) is 13.2 Å². The summed E-state index contributed by atoms with van der Waals surface area (Å²) in [6.45, 7) is 3.72. The predicted octanol–water partition coefficient (Wildman–Crippen LogP) is 3.02. The second-order valence-corrected chi connectivity index (χ2v) is 7.76. The van der Waals surface area contributed by atoms with Crippen molar-refractivity contribution in [3.63, 3.8) is 0 Å². The second-order valence-electron chi connectivity index (χ2n) is 5.75. The van der Waals surface area contributed by atoms with Gasteiger partial charge < -0.3 is 10.2 Å². The van der Waals surface area contributed by atoms with E-state index < -0.39 is 9.84 Å². The standard InChI is InChI=1S/C17H21N3O3S/c1-12-5-6-15(24(4,22)23)11-16(12)19-17(21)20(3)13(2)14-7-9-18-10-8-14/h5-11,13H,1-4H3,(H,19,21)/t13-/m1/s1. The lowest BCUT2D eigenvalue weighted by Crippen LogP contribution is -2.33. The van der Waals surface area contributed by atoms with Crippen LogP contribution >= 0.6 is 0 Å². The number of rotatable bonds is 4. The van der Waals surface area contributed by atoms with E-state index in [-0.39, 0.29) is 17.0 Å². The van der Waals surface area contributed by atoms with Crippen LogP contribution in [-0.4, -0.2) is 37.6 Å². The van der Waals surface area contributed by atoms with Gasteiger partial charge in [-0.15, -0.1) is 0 Å². The Hall–Kier alpha value is -2.41. The van der Waals surface area contributed by atoms with Crippen molar-refractivity contribution < 1.29 is 13.2 Å². The van der Waals surface area contributed by atoms with Gasteiger partial charge in [0.2, 0.25) is 0 Å². The molecular formula is C17H21N3O3S. The molecule has 2 amide bonds. The van der Waals surface area contributed by atoms with Crippen LogP contribution in [0, 0.1) is 6.92 Å². The van der Waals surface area contributed by atoms with Gasteiger partial charge in [-0.2, -0.15) is 0 Å². The Morgan fingerprint density at radius 3 is 2.42 bits per heavy atom. The van der Waals surface area contributed by atoms with Gasteiger partial charge in [-0.3, -0.25) is 4.98 Å². The topological polar surface area (TPSA) is 79.4 Å². The van der Waals surface area contributed by atoms with Gasteiger partial charge in [0.25, 0.3) is 0 Å². The lowest BCUT2D eigenvalue weighted by molar-refractivity contribution is 0.208. The number of hydrogen-bond donors (Lipinski definition) is 1. The molecule has 0 saturated carbocycles. The van der Waals surface area contributed by atoms with Crippen molar-refractivity contribution >= 4 is 21.6 Å². The number of urea groups is 1. The fourth-order valence-electron chi connectivity index (χ4n) is 2.21. The molecule has 24 heavy (non-hydrogen) atoms. The van der Waals surface area contributed by atoms with Crippen LogP contribution in [0.4, 0.5) is 10.5 Å². The number of sulfone groups is 1. The minimum absolute atomic E-state index is 0.147. The monoisotopic (exact) mass is 347 g/mol. The second kappa shape index (κ2) is 7.00. The molecule has 1 N–H and O–H groups in total. The van der Waals surface area contributed by atoms with Gasteiger partial charge in [0, 0.05) is 31.4 Å². The summed E-state index contributed by atoms with van der Waals surface area (Å²) in [4.78, 5) is 18.2. The summed E-state index contributed by atoms with van der Waals surface area (Å²) in [5, 5.41) is 2.78. The predicted molar refractivity (Wildman–Crippen MR) is 93.7 cm³/mol. The molecule has 6 nitrogen and oxygen atoms in total. The summed E-state index contributed by atoms with van der Waals surface area (Å²) in [5.74, 6) is 0. The number of amides is 2. The lowest BCUT2D eigenvalue weighted by Gasteiger charge is -2.26. The summed E-state index contributed by atoms with van der Waals surface area (Å²) in [5.41, 5.74) is 2.24. The van der Waals surface area contributed by atoms with Crippen molar-refractivity contribution in [3.8, 4) is 0 Å². The van der Waals surface area contributed by atoms with Crippen LogP contribution in [0.5, 0.6) is 0 Å². The molecule has 0 aliphatic rings. The third-order valence-electron chi connectivity index (χ3n) is 3.97. The molecule has 1 aromatic heterocycles. The normalized spacial score (nSPS) is 12.5. The lowest BCUT2D eigenvalue weighted by atomic mass is 10.1. The number of carbonyl (C=O) groups excluding carboxylic acids is 1. The highest BCUT2D eigenvalue weighted by atomic mass is 32.2. The summed E-state index contributed by atoms with van der Waals surface area (Å²) in [7, 11) is -1.64. The Morgan fingerprint density at radius 2 is 1.83 bits per heavy atom. The number of hydrogen-bond acceptors (Lipinski definition) is 4. The van der Waals surface area contributed by atoms with Crippen molar-refractivity contribution in [1.82, 2.24) is 9.88 Å². The fourth-order valence-corrected chi connectivity index (χ4v) is 2.86. The van der Waals surface area contributed by atoms with Crippen LogP contribution in [0.1, 0.15) is 24.1 Å². The highest BCUT2D eigenvalue weighted by molar-refractivity contribution is 7.90. The van der Waals surface area contributed by atoms with E-state index >= 15 is 0 Å². The van der Waals surface area contributed by atoms with E-state index in [0.717, 1.165) is 17.4 Å². The van der Waals surface area contributed by atoms with Crippen molar-refractivity contribution in [2.75, 3.05) is 18.6 Å². The van der Waals surface area contributed by atoms with Gasteiger partial charge in [0.1, 0.15) is 0 Å². The van der Waals surface area contributed by atoms with E-state index in [4.69, 9.17) is 0 Å².